The van der Waals surface area contributed by atoms with Crippen LogP contribution in [0.2, 0.25) is 0 Å². The number of phenolic OH excluding ortho intramolecular Hbond substituents is 1. The number of para-hydroxylation sites is 1. The summed E-state index contributed by atoms with van der Waals surface area (Å²) in [5.74, 6) is -0.364. The van der Waals surface area contributed by atoms with Crippen LogP contribution in [0.15, 0.2) is 42.5 Å². The van der Waals surface area contributed by atoms with Gasteiger partial charge < -0.3 is 15.7 Å². The zero-order valence-electron chi connectivity index (χ0n) is 14.1. The Labute approximate surface area is 153 Å². The molecule has 0 spiro atoms. The van der Waals surface area contributed by atoms with E-state index in [1.807, 2.05) is 24.3 Å². The molecule has 4 N–H and O–H groups in total. The predicted molar refractivity (Wildman–Crippen MR) is 97.0 cm³/mol. The van der Waals surface area contributed by atoms with E-state index in [0.717, 1.165) is 11.3 Å². The van der Waals surface area contributed by atoms with E-state index in [0.29, 0.717) is 11.4 Å². The maximum absolute atomic E-state index is 12.5. The fourth-order valence-electron chi connectivity index (χ4n) is 3.17. The minimum Gasteiger partial charge on any atom is -0.506 e. The number of amides is 2. The number of rotatable bonds is 4. The number of benzene rings is 2. The number of aromatic nitrogens is 4. The lowest BCUT2D eigenvalue weighted by molar-refractivity contribution is -0.118. The van der Waals surface area contributed by atoms with Gasteiger partial charge in [0.15, 0.2) is 0 Å². The SMILES string of the molecule is O=C(CC1CC(=O)Nc2ccccc21)Nc1cc(-c2nn[nH]n2)ccc1O. The third-order valence-corrected chi connectivity index (χ3v) is 4.41. The number of carbonyl (C=O) groups is 2. The number of tetrazole rings is 1. The van der Waals surface area contributed by atoms with E-state index in [4.69, 9.17) is 0 Å². The molecule has 27 heavy (non-hydrogen) atoms. The summed E-state index contributed by atoms with van der Waals surface area (Å²) >= 11 is 0. The molecule has 0 aliphatic carbocycles. The van der Waals surface area contributed by atoms with Crippen LogP contribution in [0.1, 0.15) is 24.3 Å². The first kappa shape index (κ1) is 16.7. The highest BCUT2D eigenvalue weighted by Crippen LogP contribution is 2.35. The number of nitrogens with zero attached hydrogens (tertiary/aromatic N) is 3. The van der Waals surface area contributed by atoms with Crippen molar-refractivity contribution in [3.63, 3.8) is 0 Å². The number of aromatic amines is 1. The molecule has 3 aromatic rings. The van der Waals surface area contributed by atoms with Crippen molar-refractivity contribution in [1.82, 2.24) is 20.6 Å². The third-order valence-electron chi connectivity index (χ3n) is 4.41. The van der Waals surface area contributed by atoms with Gasteiger partial charge in [-0.15, -0.1) is 10.2 Å². The minimum absolute atomic E-state index is 0.0719. The van der Waals surface area contributed by atoms with Crippen LogP contribution in [0.5, 0.6) is 5.75 Å². The molecular formula is C18H16N6O3. The van der Waals surface area contributed by atoms with Crippen LogP contribution in [-0.4, -0.2) is 37.5 Å². The van der Waals surface area contributed by atoms with E-state index in [2.05, 4.69) is 31.3 Å². The molecule has 0 bridgehead atoms. The zero-order chi connectivity index (χ0) is 18.8. The average molecular weight is 364 g/mol. The van der Waals surface area contributed by atoms with E-state index in [-0.39, 0.29) is 42.0 Å². The summed E-state index contributed by atoms with van der Waals surface area (Å²) < 4.78 is 0. The second kappa shape index (κ2) is 6.87. The van der Waals surface area contributed by atoms with Gasteiger partial charge in [-0.2, -0.15) is 5.21 Å². The number of fused-ring (bicyclic) bond motifs is 1. The lowest BCUT2D eigenvalue weighted by Crippen LogP contribution is -2.26. The van der Waals surface area contributed by atoms with Crippen molar-refractivity contribution in [3.05, 3.63) is 48.0 Å². The first-order valence-corrected chi connectivity index (χ1v) is 8.35. The standard InChI is InChI=1S/C18H16N6O3/c25-15-6-5-10(18-21-23-24-22-18)7-14(15)20-17(27)9-11-8-16(26)19-13-4-2-1-3-12(11)13/h1-7,11,25H,8-9H2,(H,19,26)(H,20,27)(H,21,22,23,24). The molecule has 2 amide bonds. The average Bonchev–Trinajstić information content (AvgIpc) is 3.18. The molecule has 0 saturated heterocycles. The Balaban J connectivity index is 1.52. The Bertz CT molecular complexity index is 1000. The molecule has 2 aromatic carbocycles. The maximum atomic E-state index is 12.5. The van der Waals surface area contributed by atoms with Gasteiger partial charge in [0.25, 0.3) is 0 Å². The van der Waals surface area contributed by atoms with Crippen LogP contribution in [0.3, 0.4) is 0 Å². The predicted octanol–water partition coefficient (Wildman–Crippen LogP) is 2.03. The van der Waals surface area contributed by atoms with Crippen LogP contribution in [0, 0.1) is 0 Å². The highest BCUT2D eigenvalue weighted by molar-refractivity contribution is 5.97. The third kappa shape index (κ3) is 3.47. The fraction of sp³-hybridized carbons (Fsp3) is 0.167. The Morgan fingerprint density at radius 3 is 2.93 bits per heavy atom. The minimum atomic E-state index is -0.301. The number of hydrogen-bond donors (Lipinski definition) is 4. The molecule has 9 nitrogen and oxygen atoms in total. The molecule has 136 valence electrons. The number of aromatic hydroxyl groups is 1. The normalized spacial score (nSPS) is 15.7. The molecule has 1 unspecified atom stereocenters. The molecule has 0 saturated carbocycles. The van der Waals surface area contributed by atoms with Gasteiger partial charge >= 0.3 is 0 Å². The summed E-state index contributed by atoms with van der Waals surface area (Å²) in [6, 6.07) is 12.1. The highest BCUT2D eigenvalue weighted by Gasteiger charge is 2.27. The van der Waals surface area contributed by atoms with Crippen LogP contribution >= 0.6 is 0 Å². The number of phenols is 1. The summed E-state index contributed by atoms with van der Waals surface area (Å²) in [6.45, 7) is 0. The van der Waals surface area contributed by atoms with Crippen molar-refractivity contribution in [3.8, 4) is 17.1 Å². The lowest BCUT2D eigenvalue weighted by atomic mass is 9.88. The summed E-state index contributed by atoms with van der Waals surface area (Å²) in [4.78, 5) is 24.4. The van der Waals surface area contributed by atoms with Crippen molar-refractivity contribution in [1.29, 1.82) is 0 Å². The smallest absolute Gasteiger partial charge is 0.225 e. The molecule has 0 radical (unpaired) electrons. The molecular weight excluding hydrogens is 348 g/mol. The second-order valence-corrected chi connectivity index (χ2v) is 6.26. The Kier molecular flexibility index (Phi) is 4.25. The Hall–Kier alpha value is -3.75. The number of hydrogen-bond acceptors (Lipinski definition) is 6. The van der Waals surface area contributed by atoms with Gasteiger partial charge in [-0.1, -0.05) is 18.2 Å². The Morgan fingerprint density at radius 1 is 1.26 bits per heavy atom. The zero-order valence-corrected chi connectivity index (χ0v) is 14.1. The summed E-state index contributed by atoms with van der Waals surface area (Å²) in [5, 5.41) is 29.2. The molecule has 0 fully saturated rings. The van der Waals surface area contributed by atoms with Gasteiger partial charge in [0.1, 0.15) is 5.75 Å². The highest BCUT2D eigenvalue weighted by atomic mass is 16.3. The Morgan fingerprint density at radius 2 is 2.11 bits per heavy atom. The molecule has 1 aliphatic rings. The van der Waals surface area contributed by atoms with Gasteiger partial charge in [0, 0.05) is 30.0 Å². The van der Waals surface area contributed by atoms with Crippen molar-refractivity contribution in [2.24, 2.45) is 0 Å². The van der Waals surface area contributed by atoms with Crippen LogP contribution in [0.4, 0.5) is 11.4 Å². The van der Waals surface area contributed by atoms with Gasteiger partial charge in [-0.3, -0.25) is 9.59 Å². The summed E-state index contributed by atoms with van der Waals surface area (Å²) in [5.41, 5.74) is 2.50. The first-order valence-electron chi connectivity index (χ1n) is 8.35. The quantitative estimate of drug-likeness (QED) is 0.524. The second-order valence-electron chi connectivity index (χ2n) is 6.26. The van der Waals surface area contributed by atoms with E-state index >= 15 is 0 Å². The van der Waals surface area contributed by atoms with E-state index < -0.39 is 0 Å². The van der Waals surface area contributed by atoms with Crippen LogP contribution in [0.25, 0.3) is 11.4 Å². The maximum Gasteiger partial charge on any atom is 0.225 e. The van der Waals surface area contributed by atoms with Crippen molar-refractivity contribution in [2.45, 2.75) is 18.8 Å². The lowest BCUT2D eigenvalue weighted by Gasteiger charge is -2.25. The van der Waals surface area contributed by atoms with Crippen LogP contribution < -0.4 is 10.6 Å². The van der Waals surface area contributed by atoms with E-state index in [1.54, 1.807) is 12.1 Å². The molecule has 2 heterocycles. The number of H-pyrrole nitrogens is 1. The van der Waals surface area contributed by atoms with E-state index in [1.165, 1.54) is 6.07 Å². The molecule has 4 rings (SSSR count). The largest absolute Gasteiger partial charge is 0.506 e. The van der Waals surface area contributed by atoms with E-state index in [9.17, 15) is 14.7 Å². The van der Waals surface area contributed by atoms with Gasteiger partial charge in [0.05, 0.1) is 5.69 Å². The molecule has 1 atom stereocenters. The summed E-state index contributed by atoms with van der Waals surface area (Å²) in [6.07, 6.45) is 0.357. The summed E-state index contributed by atoms with van der Waals surface area (Å²) in [7, 11) is 0. The van der Waals surface area contributed by atoms with Gasteiger partial charge in [-0.25, -0.2) is 0 Å². The topological polar surface area (TPSA) is 133 Å². The van der Waals surface area contributed by atoms with Crippen molar-refractivity contribution >= 4 is 23.2 Å². The number of anilines is 2. The van der Waals surface area contributed by atoms with Crippen LogP contribution in [-0.2, 0) is 9.59 Å². The van der Waals surface area contributed by atoms with Gasteiger partial charge in [-0.05, 0) is 35.0 Å². The van der Waals surface area contributed by atoms with Crippen molar-refractivity contribution < 1.29 is 14.7 Å². The fourth-order valence-corrected chi connectivity index (χ4v) is 3.17. The molecule has 9 heteroatoms. The van der Waals surface area contributed by atoms with Crippen molar-refractivity contribution in [2.75, 3.05) is 10.6 Å². The first-order chi connectivity index (χ1) is 13.1. The molecule has 1 aromatic heterocycles. The number of carbonyl (C=O) groups excluding carboxylic acids is 2. The number of nitrogens with one attached hydrogen (secondary N) is 3. The monoisotopic (exact) mass is 364 g/mol. The molecule has 1 aliphatic heterocycles. The van der Waals surface area contributed by atoms with Gasteiger partial charge in [0.2, 0.25) is 17.6 Å².